The molecule has 1 aliphatic rings. The van der Waals surface area contributed by atoms with Crippen LogP contribution in [-0.2, 0) is 10.0 Å². The van der Waals surface area contributed by atoms with Gasteiger partial charge in [0.25, 0.3) is 0 Å². The van der Waals surface area contributed by atoms with Gasteiger partial charge in [0.1, 0.15) is 0 Å². The minimum absolute atomic E-state index is 0.146. The molecule has 78 valence electrons. The second kappa shape index (κ2) is 3.94. The minimum Gasteiger partial charge on any atom is -0.315 e. The van der Waals surface area contributed by atoms with Gasteiger partial charge in [-0.3, -0.25) is 0 Å². The van der Waals surface area contributed by atoms with Gasteiger partial charge in [0.15, 0.2) is 0 Å². The molecule has 2 N–H and O–H groups in total. The van der Waals surface area contributed by atoms with Crippen molar-refractivity contribution in [2.45, 2.75) is 32.9 Å². The van der Waals surface area contributed by atoms with E-state index in [2.05, 4.69) is 0 Å². The zero-order chi connectivity index (χ0) is 10.1. The van der Waals surface area contributed by atoms with Gasteiger partial charge in [0.2, 0.25) is 10.0 Å². The van der Waals surface area contributed by atoms with E-state index in [1.807, 2.05) is 6.92 Å². The number of sulfonamides is 1. The van der Waals surface area contributed by atoms with Crippen molar-refractivity contribution in [3.63, 3.8) is 0 Å². The van der Waals surface area contributed by atoms with Crippen molar-refractivity contribution < 1.29 is 8.42 Å². The highest BCUT2D eigenvalue weighted by molar-refractivity contribution is 7.89. The summed E-state index contributed by atoms with van der Waals surface area (Å²) in [4.78, 5) is 0. The van der Waals surface area contributed by atoms with Crippen molar-refractivity contribution in [3.05, 3.63) is 0 Å². The van der Waals surface area contributed by atoms with Crippen LogP contribution in [0, 0.1) is 5.92 Å². The van der Waals surface area contributed by atoms with Crippen molar-refractivity contribution in [1.29, 1.82) is 0 Å². The van der Waals surface area contributed by atoms with E-state index in [0.717, 1.165) is 12.8 Å². The average Bonchev–Trinajstić information content (AvgIpc) is 2.09. The van der Waals surface area contributed by atoms with Crippen LogP contribution in [0.25, 0.3) is 0 Å². The molecule has 0 aromatic rings. The fraction of sp³-hybridized carbons (Fsp3) is 1.00. The maximum absolute atomic E-state index is 11.6. The molecule has 2 atom stereocenters. The number of hydrogen-bond donors (Lipinski definition) is 1. The van der Waals surface area contributed by atoms with Crippen LogP contribution < -0.4 is 5.73 Å². The zero-order valence-corrected chi connectivity index (χ0v) is 9.05. The molecule has 0 spiro atoms. The molecular weight excluding hydrogens is 188 g/mol. The van der Waals surface area contributed by atoms with Crippen molar-refractivity contribution in [2.75, 3.05) is 12.3 Å². The van der Waals surface area contributed by atoms with Gasteiger partial charge in [0.05, 0.1) is 11.9 Å². The first-order chi connectivity index (χ1) is 5.99. The van der Waals surface area contributed by atoms with Gasteiger partial charge in [-0.1, -0.05) is 6.92 Å². The van der Waals surface area contributed by atoms with E-state index in [0.29, 0.717) is 6.54 Å². The van der Waals surface area contributed by atoms with Crippen molar-refractivity contribution in [1.82, 2.24) is 4.31 Å². The lowest BCUT2D eigenvalue weighted by Crippen LogP contribution is -2.53. The van der Waals surface area contributed by atoms with Crippen LogP contribution in [0.3, 0.4) is 0 Å². The number of piperidine rings is 1. The molecule has 1 fully saturated rings. The van der Waals surface area contributed by atoms with E-state index in [1.54, 1.807) is 6.92 Å². The fourth-order valence-electron chi connectivity index (χ4n) is 1.66. The lowest BCUT2D eigenvalue weighted by atomic mass is 9.99. The Bertz CT molecular complexity index is 263. The molecule has 1 saturated heterocycles. The molecule has 5 heteroatoms. The highest BCUT2D eigenvalue weighted by atomic mass is 32.2. The predicted molar refractivity (Wildman–Crippen MR) is 52.5 cm³/mol. The van der Waals surface area contributed by atoms with E-state index in [-0.39, 0.29) is 17.8 Å². The maximum atomic E-state index is 11.6. The molecule has 0 radical (unpaired) electrons. The topological polar surface area (TPSA) is 63.4 Å². The van der Waals surface area contributed by atoms with Crippen LogP contribution in [0.2, 0.25) is 0 Å². The van der Waals surface area contributed by atoms with E-state index < -0.39 is 10.0 Å². The number of hydrogen-bond acceptors (Lipinski definition) is 3. The molecule has 0 saturated carbocycles. The standard InChI is InChI=1S/C8H18N2O2S/c1-3-13(11,12)10-6-4-5-7(2)8(10)9/h7-8H,3-6,9H2,1-2H3. The molecule has 1 aliphatic heterocycles. The molecule has 2 unspecified atom stereocenters. The SMILES string of the molecule is CCS(=O)(=O)N1CCCC(C)C1N. The summed E-state index contributed by atoms with van der Waals surface area (Å²) in [5.41, 5.74) is 5.83. The first-order valence-electron chi connectivity index (χ1n) is 4.74. The van der Waals surface area contributed by atoms with Gasteiger partial charge in [-0.05, 0) is 25.7 Å². The van der Waals surface area contributed by atoms with Crippen LogP contribution >= 0.6 is 0 Å². The van der Waals surface area contributed by atoms with Gasteiger partial charge in [-0.2, -0.15) is 4.31 Å². The van der Waals surface area contributed by atoms with E-state index >= 15 is 0 Å². The van der Waals surface area contributed by atoms with Gasteiger partial charge >= 0.3 is 0 Å². The van der Waals surface area contributed by atoms with Gasteiger partial charge in [0, 0.05) is 6.54 Å². The molecule has 0 bridgehead atoms. The predicted octanol–water partition coefficient (Wildman–Crippen LogP) is 0.353. The van der Waals surface area contributed by atoms with Crippen LogP contribution in [0.1, 0.15) is 26.7 Å². The second-order valence-corrected chi connectivity index (χ2v) is 5.83. The lowest BCUT2D eigenvalue weighted by Gasteiger charge is -2.36. The zero-order valence-electron chi connectivity index (χ0n) is 8.23. The number of nitrogens with zero attached hydrogens (tertiary/aromatic N) is 1. The lowest BCUT2D eigenvalue weighted by molar-refractivity contribution is 0.192. The molecule has 13 heavy (non-hydrogen) atoms. The summed E-state index contributed by atoms with van der Waals surface area (Å²) in [6, 6.07) is 0. The highest BCUT2D eigenvalue weighted by Crippen LogP contribution is 2.22. The summed E-state index contributed by atoms with van der Waals surface area (Å²) in [6.45, 7) is 4.24. The Morgan fingerprint density at radius 1 is 1.54 bits per heavy atom. The van der Waals surface area contributed by atoms with Gasteiger partial charge in [-0.25, -0.2) is 8.42 Å². The third-order valence-corrected chi connectivity index (χ3v) is 4.55. The number of nitrogens with two attached hydrogens (primary N) is 1. The first kappa shape index (κ1) is 10.9. The Labute approximate surface area is 80.1 Å². The average molecular weight is 206 g/mol. The van der Waals surface area contributed by atoms with Gasteiger partial charge in [-0.15, -0.1) is 0 Å². The van der Waals surface area contributed by atoms with E-state index in [9.17, 15) is 8.42 Å². The van der Waals surface area contributed by atoms with Crippen LogP contribution in [0.5, 0.6) is 0 Å². The van der Waals surface area contributed by atoms with Crippen molar-refractivity contribution >= 4 is 10.0 Å². The quantitative estimate of drug-likeness (QED) is 0.709. The summed E-state index contributed by atoms with van der Waals surface area (Å²) in [6.07, 6.45) is 1.63. The van der Waals surface area contributed by atoms with Gasteiger partial charge < -0.3 is 5.73 Å². The van der Waals surface area contributed by atoms with Crippen molar-refractivity contribution in [2.24, 2.45) is 11.7 Å². The Morgan fingerprint density at radius 2 is 2.15 bits per heavy atom. The molecule has 1 rings (SSSR count). The molecule has 0 aliphatic carbocycles. The molecular formula is C8H18N2O2S. The molecule has 1 heterocycles. The maximum Gasteiger partial charge on any atom is 0.215 e. The smallest absolute Gasteiger partial charge is 0.215 e. The molecule has 0 aromatic carbocycles. The Morgan fingerprint density at radius 3 is 2.69 bits per heavy atom. The summed E-state index contributed by atoms with van der Waals surface area (Å²) >= 11 is 0. The van der Waals surface area contributed by atoms with Crippen LogP contribution in [0.15, 0.2) is 0 Å². The fourth-order valence-corrected chi connectivity index (χ4v) is 2.98. The number of rotatable bonds is 2. The summed E-state index contributed by atoms with van der Waals surface area (Å²) < 4.78 is 24.6. The second-order valence-electron chi connectivity index (χ2n) is 3.62. The monoisotopic (exact) mass is 206 g/mol. The molecule has 0 amide bonds. The Balaban J connectivity index is 2.80. The Hall–Kier alpha value is -0.130. The highest BCUT2D eigenvalue weighted by Gasteiger charge is 2.32. The summed E-state index contributed by atoms with van der Waals surface area (Å²) in [7, 11) is -3.10. The third kappa shape index (κ3) is 2.21. The van der Waals surface area contributed by atoms with E-state index in [4.69, 9.17) is 5.73 Å². The van der Waals surface area contributed by atoms with E-state index in [1.165, 1.54) is 4.31 Å². The minimum atomic E-state index is -3.10. The first-order valence-corrected chi connectivity index (χ1v) is 6.35. The largest absolute Gasteiger partial charge is 0.315 e. The molecule has 4 nitrogen and oxygen atoms in total. The summed E-state index contributed by atoms with van der Waals surface area (Å²) in [5.74, 6) is 0.419. The summed E-state index contributed by atoms with van der Waals surface area (Å²) in [5, 5.41) is 0. The van der Waals surface area contributed by atoms with Crippen molar-refractivity contribution in [3.8, 4) is 0 Å². The molecule has 0 aromatic heterocycles. The van der Waals surface area contributed by atoms with Crippen LogP contribution in [0.4, 0.5) is 0 Å². The normalized spacial score (nSPS) is 31.9. The third-order valence-electron chi connectivity index (χ3n) is 2.68. The Kier molecular flexibility index (Phi) is 3.32. The van der Waals surface area contributed by atoms with Crippen LogP contribution in [-0.4, -0.2) is 31.2 Å².